The normalized spacial score (nSPS) is 11.2. The lowest BCUT2D eigenvalue weighted by molar-refractivity contribution is -0.116. The number of thiazole rings is 1. The van der Waals surface area contributed by atoms with Gasteiger partial charge in [0.2, 0.25) is 5.91 Å². The van der Waals surface area contributed by atoms with Crippen LogP contribution in [0.25, 0.3) is 0 Å². The fourth-order valence-electron chi connectivity index (χ4n) is 2.17. The Bertz CT molecular complexity index is 727. The molecule has 25 heavy (non-hydrogen) atoms. The third-order valence-electron chi connectivity index (χ3n) is 3.36. The first-order valence-electron chi connectivity index (χ1n) is 8.16. The lowest BCUT2D eigenvalue weighted by atomic mass is 10.3. The Morgan fingerprint density at radius 1 is 1.20 bits per heavy atom. The van der Waals surface area contributed by atoms with Gasteiger partial charge in [0.1, 0.15) is 5.82 Å². The molecule has 0 saturated heterocycles. The highest BCUT2D eigenvalue weighted by Gasteiger charge is 2.05. The van der Waals surface area contributed by atoms with E-state index < -0.39 is 0 Å². The second kappa shape index (κ2) is 9.73. The summed E-state index contributed by atoms with van der Waals surface area (Å²) in [5, 5.41) is 12.3. The molecular formula is C17H24N6OS. The van der Waals surface area contributed by atoms with E-state index in [0.29, 0.717) is 24.7 Å². The zero-order valence-electron chi connectivity index (χ0n) is 14.8. The Kier molecular flexibility index (Phi) is 7.34. The number of carbonyl (C=O) groups is 1. The number of rotatable bonds is 7. The molecule has 0 aromatic carbocycles. The van der Waals surface area contributed by atoms with E-state index in [4.69, 9.17) is 0 Å². The number of hydrogen-bond donors (Lipinski definition) is 3. The van der Waals surface area contributed by atoms with Crippen molar-refractivity contribution in [3.05, 3.63) is 40.0 Å². The molecule has 0 atom stereocenters. The summed E-state index contributed by atoms with van der Waals surface area (Å²) < 4.78 is 0. The average molecular weight is 360 g/mol. The second-order valence-electron chi connectivity index (χ2n) is 5.50. The Balaban J connectivity index is 1.65. The molecule has 1 amide bonds. The van der Waals surface area contributed by atoms with Crippen LogP contribution in [-0.2, 0) is 11.2 Å². The molecule has 0 aliphatic rings. The number of aliphatic imine (C=N–C) groups is 1. The number of pyridine rings is 1. The van der Waals surface area contributed by atoms with Crippen molar-refractivity contribution in [1.82, 2.24) is 20.6 Å². The maximum Gasteiger partial charge on any atom is 0.227 e. The summed E-state index contributed by atoms with van der Waals surface area (Å²) >= 11 is 1.65. The van der Waals surface area contributed by atoms with Crippen molar-refractivity contribution in [2.45, 2.75) is 26.7 Å². The van der Waals surface area contributed by atoms with Crippen molar-refractivity contribution in [1.29, 1.82) is 0 Å². The number of carbonyl (C=O) groups excluding carboxylic acids is 1. The molecule has 0 unspecified atom stereocenters. The van der Waals surface area contributed by atoms with E-state index in [1.54, 1.807) is 24.5 Å². The van der Waals surface area contributed by atoms with Crippen molar-refractivity contribution in [2.24, 2.45) is 4.99 Å². The SMILES string of the molecule is CN=C(NCCC(=O)Nc1cccc(C)n1)NCCc1csc(C)n1. The minimum atomic E-state index is -0.0843. The van der Waals surface area contributed by atoms with Crippen molar-refractivity contribution < 1.29 is 4.79 Å². The molecule has 2 rings (SSSR count). The van der Waals surface area contributed by atoms with Gasteiger partial charge in [-0.2, -0.15) is 0 Å². The van der Waals surface area contributed by atoms with Crippen molar-refractivity contribution in [3.63, 3.8) is 0 Å². The van der Waals surface area contributed by atoms with Crippen LogP contribution in [0.5, 0.6) is 0 Å². The predicted octanol–water partition coefficient (Wildman–Crippen LogP) is 1.89. The van der Waals surface area contributed by atoms with Crippen LogP contribution >= 0.6 is 11.3 Å². The molecule has 0 fully saturated rings. The Hall–Kier alpha value is -2.48. The molecular weight excluding hydrogens is 336 g/mol. The van der Waals surface area contributed by atoms with Gasteiger partial charge in [-0.05, 0) is 26.0 Å². The molecule has 3 N–H and O–H groups in total. The summed E-state index contributed by atoms with van der Waals surface area (Å²) in [5.74, 6) is 1.17. The van der Waals surface area contributed by atoms with Crippen molar-refractivity contribution in [2.75, 3.05) is 25.5 Å². The predicted molar refractivity (Wildman–Crippen MR) is 102 cm³/mol. The molecule has 0 bridgehead atoms. The molecule has 0 aliphatic heterocycles. The summed E-state index contributed by atoms with van der Waals surface area (Å²) in [6.45, 7) is 5.12. The van der Waals surface area contributed by atoms with E-state index in [9.17, 15) is 4.79 Å². The Labute approximate surface area is 152 Å². The second-order valence-corrected chi connectivity index (χ2v) is 6.56. The zero-order valence-corrected chi connectivity index (χ0v) is 15.6. The molecule has 134 valence electrons. The van der Waals surface area contributed by atoms with Gasteiger partial charge >= 0.3 is 0 Å². The molecule has 2 heterocycles. The monoisotopic (exact) mass is 360 g/mol. The zero-order chi connectivity index (χ0) is 18.1. The molecule has 0 spiro atoms. The van der Waals surface area contributed by atoms with Gasteiger partial charge in [-0.15, -0.1) is 11.3 Å². The lowest BCUT2D eigenvalue weighted by Gasteiger charge is -2.11. The van der Waals surface area contributed by atoms with Crippen LogP contribution in [0.1, 0.15) is 22.8 Å². The van der Waals surface area contributed by atoms with E-state index in [1.165, 1.54) is 0 Å². The highest BCUT2D eigenvalue weighted by Crippen LogP contribution is 2.07. The van der Waals surface area contributed by atoms with E-state index >= 15 is 0 Å². The minimum Gasteiger partial charge on any atom is -0.356 e. The maximum absolute atomic E-state index is 11.9. The number of nitrogens with one attached hydrogen (secondary N) is 3. The Morgan fingerprint density at radius 3 is 2.68 bits per heavy atom. The molecule has 7 nitrogen and oxygen atoms in total. The maximum atomic E-state index is 11.9. The summed E-state index contributed by atoms with van der Waals surface area (Å²) in [6, 6.07) is 5.53. The standard InChI is InChI=1S/C17H24N6OS/c1-12-5-4-6-15(21-12)23-16(24)8-10-20-17(18-3)19-9-7-14-11-25-13(2)22-14/h4-6,11H,7-10H2,1-3H3,(H2,18,19,20)(H,21,23,24). The summed E-state index contributed by atoms with van der Waals surface area (Å²) in [4.78, 5) is 24.8. The van der Waals surface area contributed by atoms with Crippen LogP contribution in [0.3, 0.4) is 0 Å². The summed E-state index contributed by atoms with van der Waals surface area (Å²) in [7, 11) is 1.71. The summed E-state index contributed by atoms with van der Waals surface area (Å²) in [5.41, 5.74) is 1.95. The first kappa shape index (κ1) is 18.9. The van der Waals surface area contributed by atoms with Crippen LogP contribution in [0.4, 0.5) is 5.82 Å². The van der Waals surface area contributed by atoms with Crippen LogP contribution in [0, 0.1) is 13.8 Å². The minimum absolute atomic E-state index is 0.0843. The number of aryl methyl sites for hydroxylation is 2. The van der Waals surface area contributed by atoms with Gasteiger partial charge in [-0.1, -0.05) is 6.07 Å². The first-order chi connectivity index (χ1) is 12.1. The summed E-state index contributed by atoms with van der Waals surface area (Å²) in [6.07, 6.45) is 1.17. The third-order valence-corrected chi connectivity index (χ3v) is 4.19. The van der Waals surface area contributed by atoms with Crippen LogP contribution < -0.4 is 16.0 Å². The largest absolute Gasteiger partial charge is 0.356 e. The number of amides is 1. The third kappa shape index (κ3) is 6.88. The molecule has 8 heteroatoms. The lowest BCUT2D eigenvalue weighted by Crippen LogP contribution is -2.39. The topological polar surface area (TPSA) is 91.3 Å². The molecule has 0 saturated carbocycles. The quantitative estimate of drug-likeness (QED) is 0.518. The highest BCUT2D eigenvalue weighted by atomic mass is 32.1. The number of aromatic nitrogens is 2. The van der Waals surface area contributed by atoms with E-state index in [-0.39, 0.29) is 5.91 Å². The van der Waals surface area contributed by atoms with Crippen LogP contribution in [0.15, 0.2) is 28.6 Å². The number of nitrogens with zero attached hydrogens (tertiary/aromatic N) is 3. The molecule has 2 aromatic heterocycles. The van der Waals surface area contributed by atoms with Crippen molar-refractivity contribution >= 4 is 29.0 Å². The van der Waals surface area contributed by atoms with Gasteiger partial charge in [0.25, 0.3) is 0 Å². The molecule has 0 aliphatic carbocycles. The van der Waals surface area contributed by atoms with Gasteiger partial charge < -0.3 is 16.0 Å². The van der Waals surface area contributed by atoms with Crippen LogP contribution in [0.2, 0.25) is 0 Å². The fourth-order valence-corrected chi connectivity index (χ4v) is 2.81. The van der Waals surface area contributed by atoms with E-state index in [1.807, 2.05) is 26.0 Å². The Morgan fingerprint density at radius 2 is 2.00 bits per heavy atom. The van der Waals surface area contributed by atoms with Gasteiger partial charge in [0.05, 0.1) is 10.7 Å². The van der Waals surface area contributed by atoms with E-state index in [0.717, 1.165) is 29.4 Å². The van der Waals surface area contributed by atoms with Crippen molar-refractivity contribution in [3.8, 4) is 0 Å². The number of anilines is 1. The van der Waals surface area contributed by atoms with Gasteiger partial charge in [0.15, 0.2) is 5.96 Å². The fraction of sp³-hybridized carbons (Fsp3) is 0.412. The first-order valence-corrected chi connectivity index (χ1v) is 9.04. The smallest absolute Gasteiger partial charge is 0.227 e. The van der Waals surface area contributed by atoms with Gasteiger partial charge in [0, 0.05) is 44.1 Å². The molecule has 0 radical (unpaired) electrons. The van der Waals surface area contributed by atoms with Gasteiger partial charge in [-0.3, -0.25) is 9.79 Å². The number of hydrogen-bond acceptors (Lipinski definition) is 5. The van der Waals surface area contributed by atoms with Crippen LogP contribution in [-0.4, -0.2) is 42.0 Å². The average Bonchev–Trinajstić information content (AvgIpc) is 2.98. The number of guanidine groups is 1. The van der Waals surface area contributed by atoms with E-state index in [2.05, 4.69) is 36.3 Å². The molecule has 2 aromatic rings. The highest BCUT2D eigenvalue weighted by molar-refractivity contribution is 7.09. The van der Waals surface area contributed by atoms with Gasteiger partial charge in [-0.25, -0.2) is 9.97 Å².